The number of amides is 1. The number of rotatable bonds is 6. The van der Waals surface area contributed by atoms with Gasteiger partial charge in [-0.15, -0.1) is 0 Å². The number of aliphatic hydroxyl groups is 1. The number of carbonyl (C=O) groups is 1. The molecule has 146 valence electrons. The van der Waals surface area contributed by atoms with E-state index in [9.17, 15) is 9.90 Å². The number of nitrogens with one attached hydrogen (secondary N) is 1. The van der Waals surface area contributed by atoms with Crippen LogP contribution in [-0.2, 0) is 11.3 Å². The molecule has 1 amide bonds. The normalized spacial score (nSPS) is 22.8. The Balaban J connectivity index is 1.83. The lowest BCUT2D eigenvalue weighted by Gasteiger charge is -2.36. The minimum atomic E-state index is -0.0200. The van der Waals surface area contributed by atoms with E-state index in [2.05, 4.69) is 31.2 Å². The van der Waals surface area contributed by atoms with E-state index < -0.39 is 0 Å². The Morgan fingerprint density at radius 2 is 2.04 bits per heavy atom. The van der Waals surface area contributed by atoms with Gasteiger partial charge in [0.25, 0.3) is 0 Å². The van der Waals surface area contributed by atoms with Crippen LogP contribution in [0.4, 0.5) is 5.82 Å². The van der Waals surface area contributed by atoms with Gasteiger partial charge in [-0.2, -0.15) is 5.10 Å². The fraction of sp³-hybridized carbons (Fsp3) is 0.545. The molecule has 0 spiro atoms. The fourth-order valence-corrected chi connectivity index (χ4v) is 4.26. The van der Waals surface area contributed by atoms with E-state index in [1.807, 2.05) is 36.4 Å². The largest absolute Gasteiger partial charge is 0.394 e. The maximum atomic E-state index is 13.1. The third-order valence-corrected chi connectivity index (χ3v) is 5.77. The number of hydrogen-bond acceptors (Lipinski definition) is 3. The van der Waals surface area contributed by atoms with E-state index in [0.717, 1.165) is 24.1 Å². The standard InChI is InChI=1S/C22H31N3O2/c1-15(2)18-10-9-16(3)13-19(18)22(27)23-21-14-20(24-25(21)11-12-26)17-7-5-4-6-8-17/h4-8,14-16,18-19,26H,9-13H2,1-3H3,(H,23,27)/t16-,18+,19-/m1/s1. The zero-order valence-electron chi connectivity index (χ0n) is 16.6. The molecular formula is C22H31N3O2. The van der Waals surface area contributed by atoms with Crippen LogP contribution >= 0.6 is 0 Å². The molecule has 1 saturated carbocycles. The molecule has 0 unspecified atom stereocenters. The summed E-state index contributed by atoms with van der Waals surface area (Å²) in [6.07, 6.45) is 3.25. The minimum absolute atomic E-state index is 0.0200. The van der Waals surface area contributed by atoms with E-state index >= 15 is 0 Å². The lowest BCUT2D eigenvalue weighted by atomic mass is 9.70. The number of nitrogens with zero attached hydrogens (tertiary/aromatic N) is 2. The van der Waals surface area contributed by atoms with Gasteiger partial charge in [-0.1, -0.05) is 57.5 Å². The van der Waals surface area contributed by atoms with Gasteiger partial charge in [-0.3, -0.25) is 4.79 Å². The Hall–Kier alpha value is -2.14. The molecule has 0 radical (unpaired) electrons. The van der Waals surface area contributed by atoms with Crippen LogP contribution in [0.3, 0.4) is 0 Å². The highest BCUT2D eigenvalue weighted by molar-refractivity contribution is 5.92. The molecule has 1 heterocycles. The molecule has 2 aromatic rings. The van der Waals surface area contributed by atoms with Crippen molar-refractivity contribution >= 4 is 11.7 Å². The summed E-state index contributed by atoms with van der Waals surface area (Å²) in [6.45, 7) is 7.00. The molecule has 5 nitrogen and oxygen atoms in total. The van der Waals surface area contributed by atoms with E-state index in [1.165, 1.54) is 6.42 Å². The van der Waals surface area contributed by atoms with Crippen LogP contribution in [0.1, 0.15) is 40.0 Å². The number of aromatic nitrogens is 2. The van der Waals surface area contributed by atoms with Crippen LogP contribution in [0, 0.1) is 23.7 Å². The van der Waals surface area contributed by atoms with Crippen LogP contribution in [0.15, 0.2) is 36.4 Å². The van der Waals surface area contributed by atoms with E-state index in [1.54, 1.807) is 4.68 Å². The Kier molecular flexibility index (Phi) is 6.32. The maximum Gasteiger partial charge on any atom is 0.228 e. The van der Waals surface area contributed by atoms with Crippen LogP contribution < -0.4 is 5.32 Å². The molecule has 1 aliphatic carbocycles. The molecule has 0 saturated heterocycles. The average Bonchev–Trinajstić information content (AvgIpc) is 3.05. The van der Waals surface area contributed by atoms with Crippen molar-refractivity contribution in [1.82, 2.24) is 9.78 Å². The summed E-state index contributed by atoms with van der Waals surface area (Å²) < 4.78 is 1.69. The molecule has 1 aromatic heterocycles. The second-order valence-corrected chi connectivity index (χ2v) is 8.15. The molecular weight excluding hydrogens is 338 g/mol. The first kappa shape index (κ1) is 19.6. The highest BCUT2D eigenvalue weighted by Crippen LogP contribution is 2.38. The Morgan fingerprint density at radius 1 is 1.30 bits per heavy atom. The van der Waals surface area contributed by atoms with Crippen molar-refractivity contribution in [2.75, 3.05) is 11.9 Å². The van der Waals surface area contributed by atoms with Gasteiger partial charge < -0.3 is 10.4 Å². The predicted molar refractivity (Wildman–Crippen MR) is 108 cm³/mol. The molecule has 1 aromatic carbocycles. The molecule has 1 fully saturated rings. The van der Waals surface area contributed by atoms with Crippen LogP contribution in [0.2, 0.25) is 0 Å². The van der Waals surface area contributed by atoms with Crippen molar-refractivity contribution in [1.29, 1.82) is 0 Å². The minimum Gasteiger partial charge on any atom is -0.394 e. The fourth-order valence-electron chi connectivity index (χ4n) is 4.26. The van der Waals surface area contributed by atoms with Gasteiger partial charge in [0.05, 0.1) is 18.8 Å². The third-order valence-electron chi connectivity index (χ3n) is 5.77. The topological polar surface area (TPSA) is 67.2 Å². The third kappa shape index (κ3) is 4.59. The smallest absolute Gasteiger partial charge is 0.228 e. The summed E-state index contributed by atoms with van der Waals surface area (Å²) in [6, 6.07) is 11.8. The summed E-state index contributed by atoms with van der Waals surface area (Å²) in [4.78, 5) is 13.1. The van der Waals surface area contributed by atoms with Crippen molar-refractivity contribution in [3.8, 4) is 11.3 Å². The van der Waals surface area contributed by atoms with Gasteiger partial charge in [0.15, 0.2) is 0 Å². The first-order valence-corrected chi connectivity index (χ1v) is 10.0. The van der Waals surface area contributed by atoms with Crippen molar-refractivity contribution in [3.63, 3.8) is 0 Å². The molecule has 3 atom stereocenters. The highest BCUT2D eigenvalue weighted by Gasteiger charge is 2.35. The molecule has 2 N–H and O–H groups in total. The Bertz CT molecular complexity index is 754. The van der Waals surface area contributed by atoms with E-state index in [-0.39, 0.29) is 18.4 Å². The summed E-state index contributed by atoms with van der Waals surface area (Å²) in [7, 11) is 0. The van der Waals surface area contributed by atoms with E-state index in [4.69, 9.17) is 0 Å². The van der Waals surface area contributed by atoms with Gasteiger partial charge in [-0.25, -0.2) is 4.68 Å². The number of carbonyl (C=O) groups excluding carboxylic acids is 1. The van der Waals surface area contributed by atoms with Crippen LogP contribution in [-0.4, -0.2) is 27.4 Å². The molecule has 3 rings (SSSR count). The van der Waals surface area contributed by atoms with Crippen LogP contribution in [0.5, 0.6) is 0 Å². The zero-order chi connectivity index (χ0) is 19.4. The Labute approximate surface area is 161 Å². The lowest BCUT2D eigenvalue weighted by Crippen LogP contribution is -2.37. The van der Waals surface area contributed by atoms with Crippen molar-refractivity contribution in [3.05, 3.63) is 36.4 Å². The highest BCUT2D eigenvalue weighted by atomic mass is 16.3. The van der Waals surface area contributed by atoms with Crippen molar-refractivity contribution in [2.24, 2.45) is 23.7 Å². The lowest BCUT2D eigenvalue weighted by molar-refractivity contribution is -0.124. The quantitative estimate of drug-likeness (QED) is 0.802. The molecule has 5 heteroatoms. The summed E-state index contributed by atoms with van der Waals surface area (Å²) in [5.74, 6) is 2.27. The van der Waals surface area contributed by atoms with Gasteiger partial charge >= 0.3 is 0 Å². The summed E-state index contributed by atoms with van der Waals surface area (Å²) in [5.41, 5.74) is 1.80. The first-order chi connectivity index (χ1) is 13.0. The van der Waals surface area contributed by atoms with Crippen LogP contribution in [0.25, 0.3) is 11.3 Å². The van der Waals surface area contributed by atoms with Gasteiger partial charge in [0, 0.05) is 17.5 Å². The van der Waals surface area contributed by atoms with Crippen molar-refractivity contribution < 1.29 is 9.90 Å². The van der Waals surface area contributed by atoms with Gasteiger partial charge in [0.2, 0.25) is 5.91 Å². The molecule has 27 heavy (non-hydrogen) atoms. The zero-order valence-corrected chi connectivity index (χ0v) is 16.6. The second-order valence-electron chi connectivity index (χ2n) is 8.15. The summed E-state index contributed by atoms with van der Waals surface area (Å²) in [5, 5.41) is 17.1. The van der Waals surface area contributed by atoms with E-state index in [0.29, 0.717) is 30.1 Å². The second kappa shape index (κ2) is 8.70. The monoisotopic (exact) mass is 369 g/mol. The van der Waals surface area contributed by atoms with Gasteiger partial charge in [0.1, 0.15) is 5.82 Å². The van der Waals surface area contributed by atoms with Crippen molar-refractivity contribution in [2.45, 2.75) is 46.6 Å². The number of aliphatic hydroxyl groups excluding tert-OH is 1. The number of benzene rings is 1. The SMILES string of the molecule is CC(C)[C@@H]1CC[C@@H](C)C[C@H]1C(=O)Nc1cc(-c2ccccc2)nn1CCO. The number of anilines is 1. The van der Waals surface area contributed by atoms with Gasteiger partial charge in [-0.05, 0) is 30.6 Å². The number of hydrogen-bond donors (Lipinski definition) is 2. The predicted octanol–water partition coefficient (Wildman–Crippen LogP) is 4.19. The molecule has 0 aliphatic heterocycles. The Morgan fingerprint density at radius 3 is 2.70 bits per heavy atom. The molecule has 1 aliphatic rings. The summed E-state index contributed by atoms with van der Waals surface area (Å²) >= 11 is 0. The maximum absolute atomic E-state index is 13.1. The first-order valence-electron chi connectivity index (χ1n) is 10.0. The average molecular weight is 370 g/mol. The molecule has 0 bridgehead atoms.